The number of ether oxygens (including phenoxy) is 1. The van der Waals surface area contributed by atoms with Crippen molar-refractivity contribution in [3.05, 3.63) is 35.4 Å². The molecule has 0 radical (unpaired) electrons. The SMILES string of the molecule is CC1CN(S(=O)(=O)Cc2cccc(C(N)=S)c2)CCO1. The molecule has 1 saturated heterocycles. The molecule has 1 unspecified atom stereocenters. The Morgan fingerprint density at radius 1 is 1.55 bits per heavy atom. The van der Waals surface area contributed by atoms with Crippen molar-refractivity contribution in [2.45, 2.75) is 18.8 Å². The van der Waals surface area contributed by atoms with Gasteiger partial charge in [-0.2, -0.15) is 4.31 Å². The first-order valence-corrected chi connectivity index (χ1v) is 8.38. The molecule has 0 amide bonds. The number of benzene rings is 1. The van der Waals surface area contributed by atoms with Crippen molar-refractivity contribution < 1.29 is 13.2 Å². The first-order chi connectivity index (χ1) is 9.38. The molecule has 0 spiro atoms. The zero-order valence-corrected chi connectivity index (χ0v) is 12.9. The lowest BCUT2D eigenvalue weighted by Crippen LogP contribution is -2.44. The van der Waals surface area contributed by atoms with Crippen molar-refractivity contribution in [1.82, 2.24) is 4.31 Å². The monoisotopic (exact) mass is 314 g/mol. The van der Waals surface area contributed by atoms with E-state index in [9.17, 15) is 8.42 Å². The third-order valence-corrected chi connectivity index (χ3v) is 5.21. The van der Waals surface area contributed by atoms with Crippen LogP contribution in [0.2, 0.25) is 0 Å². The van der Waals surface area contributed by atoms with Crippen LogP contribution < -0.4 is 5.73 Å². The molecule has 1 atom stereocenters. The number of rotatable bonds is 4. The maximum atomic E-state index is 12.4. The van der Waals surface area contributed by atoms with Crippen LogP contribution in [0, 0.1) is 0 Å². The highest BCUT2D eigenvalue weighted by Gasteiger charge is 2.27. The zero-order valence-electron chi connectivity index (χ0n) is 11.3. The largest absolute Gasteiger partial charge is 0.389 e. The van der Waals surface area contributed by atoms with Crippen LogP contribution in [0.15, 0.2) is 24.3 Å². The molecule has 1 aromatic carbocycles. The number of thiocarbonyl (C=S) groups is 1. The summed E-state index contributed by atoms with van der Waals surface area (Å²) in [6.45, 7) is 3.11. The molecule has 0 aromatic heterocycles. The number of sulfonamides is 1. The van der Waals surface area contributed by atoms with Crippen LogP contribution in [0.25, 0.3) is 0 Å². The van der Waals surface area contributed by atoms with Gasteiger partial charge in [0, 0.05) is 18.7 Å². The molecule has 110 valence electrons. The second kappa shape index (κ2) is 6.17. The van der Waals surface area contributed by atoms with Crippen LogP contribution in [0.4, 0.5) is 0 Å². The molecule has 1 heterocycles. The first-order valence-electron chi connectivity index (χ1n) is 6.36. The standard InChI is InChI=1S/C13H18N2O3S2/c1-10-8-15(5-6-18-10)20(16,17)9-11-3-2-4-12(7-11)13(14)19/h2-4,7,10H,5-6,8-9H2,1H3,(H2,14,19). The Bertz CT molecular complexity index is 601. The number of nitrogens with zero attached hydrogens (tertiary/aromatic N) is 1. The van der Waals surface area contributed by atoms with Gasteiger partial charge in [0.05, 0.1) is 18.5 Å². The third kappa shape index (κ3) is 3.76. The van der Waals surface area contributed by atoms with Gasteiger partial charge >= 0.3 is 0 Å². The molecule has 0 aliphatic carbocycles. The maximum Gasteiger partial charge on any atom is 0.218 e. The molecule has 7 heteroatoms. The maximum absolute atomic E-state index is 12.4. The summed E-state index contributed by atoms with van der Waals surface area (Å²) in [6, 6.07) is 7.03. The molecule has 0 saturated carbocycles. The molecule has 1 aliphatic rings. The van der Waals surface area contributed by atoms with Crippen molar-refractivity contribution in [3.8, 4) is 0 Å². The average Bonchev–Trinajstić information content (AvgIpc) is 2.38. The Balaban J connectivity index is 2.15. The van der Waals surface area contributed by atoms with E-state index in [4.69, 9.17) is 22.7 Å². The Hall–Kier alpha value is -1.02. The molecule has 5 nitrogen and oxygen atoms in total. The summed E-state index contributed by atoms with van der Waals surface area (Å²) >= 11 is 4.90. The molecule has 20 heavy (non-hydrogen) atoms. The van der Waals surface area contributed by atoms with Crippen LogP contribution in [0.3, 0.4) is 0 Å². The predicted octanol–water partition coefficient (Wildman–Crippen LogP) is 0.871. The molecular weight excluding hydrogens is 296 g/mol. The van der Waals surface area contributed by atoms with Gasteiger partial charge in [0.2, 0.25) is 10.0 Å². The van der Waals surface area contributed by atoms with E-state index in [-0.39, 0.29) is 16.8 Å². The number of morpholine rings is 1. The lowest BCUT2D eigenvalue weighted by Gasteiger charge is -2.30. The normalized spacial score (nSPS) is 20.8. The van der Waals surface area contributed by atoms with E-state index < -0.39 is 10.0 Å². The molecule has 2 rings (SSSR count). The van der Waals surface area contributed by atoms with Crippen molar-refractivity contribution in [2.75, 3.05) is 19.7 Å². The van der Waals surface area contributed by atoms with Crippen LogP contribution in [0.5, 0.6) is 0 Å². The Morgan fingerprint density at radius 2 is 2.30 bits per heavy atom. The molecular formula is C13H18N2O3S2. The predicted molar refractivity (Wildman–Crippen MR) is 81.9 cm³/mol. The van der Waals surface area contributed by atoms with Crippen LogP contribution in [0.1, 0.15) is 18.1 Å². The molecule has 1 fully saturated rings. The van der Waals surface area contributed by atoms with Gasteiger partial charge in [-0.25, -0.2) is 8.42 Å². The van der Waals surface area contributed by atoms with Crippen molar-refractivity contribution >= 4 is 27.2 Å². The summed E-state index contributed by atoms with van der Waals surface area (Å²) in [7, 11) is -3.34. The fraction of sp³-hybridized carbons (Fsp3) is 0.462. The Labute approximate surface area is 124 Å². The number of nitrogens with two attached hydrogens (primary N) is 1. The van der Waals surface area contributed by atoms with Crippen molar-refractivity contribution in [3.63, 3.8) is 0 Å². The van der Waals surface area contributed by atoms with E-state index in [1.165, 1.54) is 4.31 Å². The highest BCUT2D eigenvalue weighted by molar-refractivity contribution is 7.88. The summed E-state index contributed by atoms with van der Waals surface area (Å²) < 4.78 is 31.6. The second-order valence-corrected chi connectivity index (χ2v) is 7.27. The summed E-state index contributed by atoms with van der Waals surface area (Å²) in [4.78, 5) is 0.268. The molecule has 1 aliphatic heterocycles. The van der Waals surface area contributed by atoms with E-state index in [0.717, 1.165) is 0 Å². The highest BCUT2D eigenvalue weighted by Crippen LogP contribution is 2.16. The van der Waals surface area contributed by atoms with E-state index in [2.05, 4.69) is 0 Å². The van der Waals surface area contributed by atoms with Gasteiger partial charge in [0.25, 0.3) is 0 Å². The average molecular weight is 314 g/mol. The van der Waals surface area contributed by atoms with Crippen molar-refractivity contribution in [1.29, 1.82) is 0 Å². The van der Waals surface area contributed by atoms with Crippen molar-refractivity contribution in [2.24, 2.45) is 5.73 Å². The van der Waals surface area contributed by atoms with E-state index in [1.54, 1.807) is 24.3 Å². The van der Waals surface area contributed by atoms with Crippen LogP contribution in [-0.2, 0) is 20.5 Å². The number of hydrogen-bond acceptors (Lipinski definition) is 4. The first kappa shape index (κ1) is 15.4. The molecule has 1 aromatic rings. The van der Waals surface area contributed by atoms with Gasteiger partial charge in [-0.3, -0.25) is 0 Å². The quantitative estimate of drug-likeness (QED) is 0.835. The Morgan fingerprint density at radius 3 is 2.95 bits per heavy atom. The molecule has 2 N–H and O–H groups in total. The number of hydrogen-bond donors (Lipinski definition) is 1. The lowest BCUT2D eigenvalue weighted by molar-refractivity contribution is 0.0101. The summed E-state index contributed by atoms with van der Waals surface area (Å²) in [6.07, 6.45) is -0.0681. The third-order valence-electron chi connectivity index (χ3n) is 3.16. The summed E-state index contributed by atoms with van der Waals surface area (Å²) in [5.41, 5.74) is 6.94. The van der Waals surface area contributed by atoms with E-state index in [1.807, 2.05) is 6.92 Å². The van der Waals surface area contributed by atoms with Gasteiger partial charge < -0.3 is 10.5 Å². The fourth-order valence-corrected chi connectivity index (χ4v) is 3.86. The van der Waals surface area contributed by atoms with Gasteiger partial charge in [-0.15, -0.1) is 0 Å². The van der Waals surface area contributed by atoms with Gasteiger partial charge in [-0.05, 0) is 18.6 Å². The minimum absolute atomic E-state index is 0.0455. The smallest absolute Gasteiger partial charge is 0.218 e. The van der Waals surface area contributed by atoms with E-state index in [0.29, 0.717) is 30.8 Å². The second-order valence-electron chi connectivity index (χ2n) is 4.86. The topological polar surface area (TPSA) is 72.6 Å². The summed E-state index contributed by atoms with van der Waals surface area (Å²) in [5.74, 6) is -0.0455. The van der Waals surface area contributed by atoms with Crippen LogP contribution in [-0.4, -0.2) is 43.5 Å². The lowest BCUT2D eigenvalue weighted by atomic mass is 10.1. The minimum atomic E-state index is -3.34. The minimum Gasteiger partial charge on any atom is -0.389 e. The van der Waals surface area contributed by atoms with E-state index >= 15 is 0 Å². The zero-order chi connectivity index (χ0) is 14.8. The van der Waals surface area contributed by atoms with Gasteiger partial charge in [0.15, 0.2) is 0 Å². The fourth-order valence-electron chi connectivity index (χ4n) is 2.16. The molecule has 0 bridgehead atoms. The summed E-state index contributed by atoms with van der Waals surface area (Å²) in [5, 5.41) is 0. The Kier molecular flexibility index (Phi) is 4.74. The van der Waals surface area contributed by atoms with Crippen LogP contribution >= 0.6 is 12.2 Å². The van der Waals surface area contributed by atoms with Gasteiger partial charge in [-0.1, -0.05) is 30.4 Å². The highest BCUT2D eigenvalue weighted by atomic mass is 32.2. The van der Waals surface area contributed by atoms with Gasteiger partial charge in [0.1, 0.15) is 4.99 Å².